The number of halogens is 4. The molecule has 0 aliphatic carbocycles. The summed E-state index contributed by atoms with van der Waals surface area (Å²) in [6.45, 7) is -0.350. The first-order chi connectivity index (χ1) is 9.62. The number of anilines is 1. The zero-order chi connectivity index (χ0) is 15.8. The molecular formula is C12H13F4N3O2. The van der Waals surface area contributed by atoms with Gasteiger partial charge in [0.2, 0.25) is 5.95 Å². The third-order valence-corrected chi connectivity index (χ3v) is 2.88. The average molecular weight is 307 g/mol. The lowest BCUT2D eigenvalue weighted by Crippen LogP contribution is -2.53. The van der Waals surface area contributed by atoms with Crippen molar-refractivity contribution in [3.63, 3.8) is 0 Å². The van der Waals surface area contributed by atoms with Gasteiger partial charge in [-0.05, 0) is 13.0 Å². The zero-order valence-corrected chi connectivity index (χ0v) is 11.4. The predicted molar refractivity (Wildman–Crippen MR) is 64.8 cm³/mol. The van der Waals surface area contributed by atoms with Crippen LogP contribution in [0.15, 0.2) is 6.07 Å². The summed E-state index contributed by atoms with van der Waals surface area (Å²) in [7, 11) is 1.13. The summed E-state index contributed by atoms with van der Waals surface area (Å²) < 4.78 is 58.0. The molecular weight excluding hydrogens is 294 g/mol. The average Bonchev–Trinajstić information content (AvgIpc) is 2.33. The van der Waals surface area contributed by atoms with Crippen molar-refractivity contribution in [3.8, 4) is 0 Å². The Morgan fingerprint density at radius 3 is 2.33 bits per heavy atom. The smallest absolute Gasteiger partial charge is 0.356 e. The number of aromatic nitrogens is 2. The molecule has 0 N–H and O–H groups in total. The molecule has 116 valence electrons. The summed E-state index contributed by atoms with van der Waals surface area (Å²) >= 11 is 0. The Bertz CT molecular complexity index is 549. The Labute approximate surface area is 117 Å². The number of methoxy groups -OCH3 is 1. The minimum absolute atomic E-state index is 0.169. The van der Waals surface area contributed by atoms with Crippen molar-refractivity contribution in [2.24, 2.45) is 0 Å². The molecule has 2 rings (SSSR count). The molecule has 5 nitrogen and oxygen atoms in total. The van der Waals surface area contributed by atoms with E-state index >= 15 is 0 Å². The lowest BCUT2D eigenvalue weighted by Gasteiger charge is -2.37. The summed E-state index contributed by atoms with van der Waals surface area (Å²) in [5.74, 6) is -8.24. The number of esters is 1. The van der Waals surface area contributed by atoms with Crippen molar-refractivity contribution in [2.75, 3.05) is 25.1 Å². The SMILES string of the molecule is COC(=O)c1cc(C)nc(N2CC(F)(F)CC(F)(F)C2)n1. The first-order valence-corrected chi connectivity index (χ1v) is 6.06. The van der Waals surface area contributed by atoms with Crippen LogP contribution < -0.4 is 4.90 Å². The van der Waals surface area contributed by atoms with Gasteiger partial charge in [0.1, 0.15) is 0 Å². The van der Waals surface area contributed by atoms with E-state index in [1.807, 2.05) is 0 Å². The second-order valence-corrected chi connectivity index (χ2v) is 4.93. The van der Waals surface area contributed by atoms with Crippen molar-refractivity contribution in [1.29, 1.82) is 0 Å². The van der Waals surface area contributed by atoms with Gasteiger partial charge in [0, 0.05) is 5.69 Å². The predicted octanol–water partition coefficient (Wildman–Crippen LogP) is 2.05. The van der Waals surface area contributed by atoms with Gasteiger partial charge in [0.15, 0.2) is 5.69 Å². The second kappa shape index (κ2) is 5.12. The maximum Gasteiger partial charge on any atom is 0.356 e. The molecule has 0 unspecified atom stereocenters. The van der Waals surface area contributed by atoms with E-state index in [-0.39, 0.29) is 17.3 Å². The Kier molecular flexibility index (Phi) is 3.77. The maximum absolute atomic E-state index is 13.4. The van der Waals surface area contributed by atoms with Crippen LogP contribution in [-0.2, 0) is 4.74 Å². The van der Waals surface area contributed by atoms with Gasteiger partial charge in [-0.15, -0.1) is 0 Å². The number of hydrogen-bond donors (Lipinski definition) is 0. The molecule has 2 heterocycles. The molecule has 0 aromatic carbocycles. The Balaban J connectivity index is 2.37. The minimum atomic E-state index is -3.56. The van der Waals surface area contributed by atoms with Crippen molar-refractivity contribution < 1.29 is 27.1 Å². The Morgan fingerprint density at radius 1 is 1.24 bits per heavy atom. The van der Waals surface area contributed by atoms with Gasteiger partial charge >= 0.3 is 5.97 Å². The minimum Gasteiger partial charge on any atom is -0.464 e. The topological polar surface area (TPSA) is 55.3 Å². The molecule has 1 aromatic heterocycles. The molecule has 0 amide bonds. The van der Waals surface area contributed by atoms with Crippen molar-refractivity contribution in [3.05, 3.63) is 17.5 Å². The molecule has 1 aromatic rings. The first-order valence-electron chi connectivity index (χ1n) is 6.06. The first kappa shape index (κ1) is 15.5. The Hall–Kier alpha value is -1.93. The largest absolute Gasteiger partial charge is 0.464 e. The van der Waals surface area contributed by atoms with Gasteiger partial charge in [0.05, 0.1) is 26.6 Å². The molecule has 1 aliphatic heterocycles. The monoisotopic (exact) mass is 307 g/mol. The number of alkyl halides is 4. The lowest BCUT2D eigenvalue weighted by molar-refractivity contribution is -0.122. The quantitative estimate of drug-likeness (QED) is 0.618. The van der Waals surface area contributed by atoms with Crippen LogP contribution in [0, 0.1) is 6.92 Å². The number of rotatable bonds is 2. The van der Waals surface area contributed by atoms with Crippen LogP contribution in [0.4, 0.5) is 23.5 Å². The summed E-state index contributed by atoms with van der Waals surface area (Å²) in [4.78, 5) is 19.7. The van der Waals surface area contributed by atoms with E-state index in [0.717, 1.165) is 7.11 Å². The third kappa shape index (κ3) is 3.59. The van der Waals surface area contributed by atoms with Gasteiger partial charge < -0.3 is 9.64 Å². The van der Waals surface area contributed by atoms with Crippen molar-refractivity contribution in [1.82, 2.24) is 9.97 Å². The summed E-state index contributed by atoms with van der Waals surface area (Å²) in [5, 5.41) is 0. The van der Waals surface area contributed by atoms with Crippen LogP contribution in [0.2, 0.25) is 0 Å². The van der Waals surface area contributed by atoms with Gasteiger partial charge in [-0.3, -0.25) is 0 Å². The van der Waals surface area contributed by atoms with E-state index in [1.165, 1.54) is 13.0 Å². The number of nitrogens with zero attached hydrogens (tertiary/aromatic N) is 3. The molecule has 0 atom stereocenters. The molecule has 0 radical (unpaired) electrons. The summed E-state index contributed by atoms with van der Waals surface area (Å²) in [6.07, 6.45) is -1.51. The molecule has 21 heavy (non-hydrogen) atoms. The highest BCUT2D eigenvalue weighted by Crippen LogP contribution is 2.37. The molecule has 0 bridgehead atoms. The number of piperidine rings is 1. The molecule has 0 spiro atoms. The second-order valence-electron chi connectivity index (χ2n) is 4.93. The Morgan fingerprint density at radius 2 is 1.81 bits per heavy atom. The van der Waals surface area contributed by atoms with Crippen molar-refractivity contribution >= 4 is 11.9 Å². The van der Waals surface area contributed by atoms with E-state index in [4.69, 9.17) is 0 Å². The van der Waals surface area contributed by atoms with Crippen LogP contribution in [0.5, 0.6) is 0 Å². The van der Waals surface area contributed by atoms with Crippen LogP contribution in [0.1, 0.15) is 22.6 Å². The molecule has 1 fully saturated rings. The highest BCUT2D eigenvalue weighted by molar-refractivity contribution is 5.87. The maximum atomic E-state index is 13.4. The van der Waals surface area contributed by atoms with Crippen LogP contribution in [0.3, 0.4) is 0 Å². The fraction of sp³-hybridized carbons (Fsp3) is 0.583. The zero-order valence-electron chi connectivity index (χ0n) is 11.4. The summed E-state index contributed by atoms with van der Waals surface area (Å²) in [5.41, 5.74) is 0.120. The van der Waals surface area contributed by atoms with Crippen LogP contribution in [0.25, 0.3) is 0 Å². The van der Waals surface area contributed by atoms with E-state index in [1.54, 1.807) is 0 Å². The van der Waals surface area contributed by atoms with E-state index in [9.17, 15) is 22.4 Å². The molecule has 1 saturated heterocycles. The van der Waals surface area contributed by atoms with Crippen molar-refractivity contribution in [2.45, 2.75) is 25.2 Å². The number of aryl methyl sites for hydroxylation is 1. The highest BCUT2D eigenvalue weighted by Gasteiger charge is 2.51. The highest BCUT2D eigenvalue weighted by atomic mass is 19.3. The normalized spacial score (nSPS) is 20.2. The van der Waals surface area contributed by atoms with Crippen LogP contribution in [-0.4, -0.2) is 48.0 Å². The fourth-order valence-electron chi connectivity index (χ4n) is 2.15. The molecule has 0 saturated carbocycles. The van der Waals surface area contributed by atoms with Gasteiger partial charge in [-0.25, -0.2) is 32.3 Å². The van der Waals surface area contributed by atoms with Gasteiger partial charge in [0.25, 0.3) is 11.8 Å². The summed E-state index contributed by atoms with van der Waals surface area (Å²) in [6, 6.07) is 1.29. The van der Waals surface area contributed by atoms with E-state index in [2.05, 4.69) is 14.7 Å². The number of ether oxygens (including phenoxy) is 1. The lowest BCUT2D eigenvalue weighted by atomic mass is 10.0. The third-order valence-electron chi connectivity index (χ3n) is 2.88. The van der Waals surface area contributed by atoms with Gasteiger partial charge in [-0.2, -0.15) is 0 Å². The van der Waals surface area contributed by atoms with Gasteiger partial charge in [-0.1, -0.05) is 0 Å². The van der Waals surface area contributed by atoms with E-state index < -0.39 is 37.3 Å². The standard InChI is InChI=1S/C12H13F4N3O2/c1-7-3-8(9(20)21-2)18-10(17-7)19-5-11(13,14)4-12(15,16)6-19/h3H,4-6H2,1-2H3. The molecule has 1 aliphatic rings. The van der Waals surface area contributed by atoms with E-state index in [0.29, 0.717) is 4.90 Å². The number of carbonyl (C=O) groups is 1. The van der Waals surface area contributed by atoms with Crippen LogP contribution >= 0.6 is 0 Å². The number of hydrogen-bond acceptors (Lipinski definition) is 5. The fourth-order valence-corrected chi connectivity index (χ4v) is 2.15. The number of carbonyl (C=O) groups excluding carboxylic acids is 1. The molecule has 9 heteroatoms.